The predicted octanol–water partition coefficient (Wildman–Crippen LogP) is 5.13. The number of rotatable bonds is 18. The Hall–Kier alpha value is -4.82. The fraction of sp³-hybridized carbons (Fsp3) is 0.526. The van der Waals surface area contributed by atoms with Gasteiger partial charge in [0.1, 0.15) is 34.4 Å². The van der Waals surface area contributed by atoms with Crippen molar-refractivity contribution < 1.29 is 47.5 Å². The quantitative estimate of drug-likeness (QED) is 0.197. The van der Waals surface area contributed by atoms with Crippen molar-refractivity contribution in [3.8, 4) is 23.0 Å². The largest absolute Gasteiger partial charge is 0.492 e. The number of hydrogen-bond acceptors (Lipinski definition) is 14. The van der Waals surface area contributed by atoms with E-state index in [1.807, 2.05) is 39.8 Å². The van der Waals surface area contributed by atoms with E-state index >= 15 is 0 Å². The molecule has 0 atom stereocenters. The smallest absolute Gasteiger partial charge is 0.249 e. The van der Waals surface area contributed by atoms with Crippen LogP contribution in [0.25, 0.3) is 0 Å². The van der Waals surface area contributed by atoms with Crippen molar-refractivity contribution in [3.63, 3.8) is 0 Å². The molecule has 2 N–H and O–H groups in total. The molecule has 14 nitrogen and oxygen atoms in total. The van der Waals surface area contributed by atoms with Crippen molar-refractivity contribution in [1.82, 2.24) is 0 Å². The Morgan fingerprint density at radius 1 is 0.500 bits per heavy atom. The third-order valence-electron chi connectivity index (χ3n) is 8.44. The lowest BCUT2D eigenvalue weighted by Crippen LogP contribution is -2.36. The first kappa shape index (κ1) is 38.4. The Morgan fingerprint density at radius 3 is 1.15 bits per heavy atom. The van der Waals surface area contributed by atoms with Gasteiger partial charge in [0.2, 0.25) is 11.6 Å². The maximum absolute atomic E-state index is 14.4. The number of benzene rings is 2. The van der Waals surface area contributed by atoms with Gasteiger partial charge in [-0.25, -0.2) is 0 Å². The van der Waals surface area contributed by atoms with E-state index < -0.39 is 11.6 Å². The fourth-order valence-electron chi connectivity index (χ4n) is 6.21. The molecule has 2 aromatic rings. The topological polar surface area (TPSA) is 139 Å². The van der Waals surface area contributed by atoms with Crippen molar-refractivity contribution in [2.24, 2.45) is 0 Å². The van der Waals surface area contributed by atoms with Crippen LogP contribution in [0, 0.1) is 0 Å². The van der Waals surface area contributed by atoms with Crippen LogP contribution in [-0.4, -0.2) is 104 Å². The number of nitrogens with zero attached hydrogens (tertiary/aromatic N) is 2. The summed E-state index contributed by atoms with van der Waals surface area (Å²) in [4.78, 5) is 33.2. The highest BCUT2D eigenvalue weighted by molar-refractivity contribution is 6.25. The zero-order valence-corrected chi connectivity index (χ0v) is 31.2. The first-order valence-corrected chi connectivity index (χ1v) is 18.3. The standard InChI is InChI=1S/C38H52N4O10/c1-7-47-29-23-27(41-13-17-45-18-14-41)31(49-9-3)21-25(29)39-33-35(43)38(52-12-6)34(36(44)37(33)51-11-5)40-26-22-32(50-10-4)28(24-30(26)48-8-2)42-15-19-46-20-16-42/h21-24,39-40H,7-20H2,1-6H3. The third kappa shape index (κ3) is 8.61. The second kappa shape index (κ2) is 18.6. The number of ketones is 2. The van der Waals surface area contributed by atoms with Crippen LogP contribution < -0.4 is 39.4 Å². The average molecular weight is 725 g/mol. The van der Waals surface area contributed by atoms with E-state index in [1.165, 1.54) is 0 Å². The Labute approximate surface area is 305 Å². The van der Waals surface area contributed by atoms with Crippen LogP contribution in [0.4, 0.5) is 22.7 Å². The van der Waals surface area contributed by atoms with Gasteiger partial charge in [0.15, 0.2) is 11.5 Å². The van der Waals surface area contributed by atoms with E-state index in [9.17, 15) is 9.59 Å². The monoisotopic (exact) mass is 724 g/mol. The summed E-state index contributed by atoms with van der Waals surface area (Å²) in [6, 6.07) is 7.34. The average Bonchev–Trinajstić information content (AvgIpc) is 3.16. The molecular formula is C38H52N4O10. The number of carbonyl (C=O) groups is 2. The van der Waals surface area contributed by atoms with Crippen LogP contribution in [0.2, 0.25) is 0 Å². The molecule has 3 aliphatic rings. The van der Waals surface area contributed by atoms with Gasteiger partial charge in [0, 0.05) is 50.4 Å². The zero-order valence-electron chi connectivity index (χ0n) is 31.2. The summed E-state index contributed by atoms with van der Waals surface area (Å²) in [6.07, 6.45) is 0. The molecule has 0 radical (unpaired) electrons. The maximum atomic E-state index is 14.4. The minimum atomic E-state index is -0.571. The summed E-state index contributed by atoms with van der Waals surface area (Å²) >= 11 is 0. The Balaban J connectivity index is 1.57. The fourth-order valence-corrected chi connectivity index (χ4v) is 6.21. The second-order valence-corrected chi connectivity index (χ2v) is 11.7. The van der Waals surface area contributed by atoms with E-state index in [4.69, 9.17) is 37.9 Å². The van der Waals surface area contributed by atoms with Crippen LogP contribution in [0.3, 0.4) is 0 Å². The molecular weight excluding hydrogens is 672 g/mol. The minimum absolute atomic E-state index is 0.0777. The van der Waals surface area contributed by atoms with E-state index in [0.717, 1.165) is 11.4 Å². The molecule has 0 bridgehead atoms. The highest BCUT2D eigenvalue weighted by atomic mass is 16.5. The lowest BCUT2D eigenvalue weighted by molar-refractivity contribution is -0.121. The van der Waals surface area contributed by atoms with E-state index in [0.29, 0.717) is 113 Å². The van der Waals surface area contributed by atoms with Gasteiger partial charge in [-0.3, -0.25) is 9.59 Å². The molecule has 0 saturated carbocycles. The summed E-state index contributed by atoms with van der Waals surface area (Å²) in [5.74, 6) is 0.684. The number of morpholine rings is 2. The van der Waals surface area contributed by atoms with Crippen molar-refractivity contribution in [2.75, 3.05) is 113 Å². The highest BCUT2D eigenvalue weighted by Gasteiger charge is 2.39. The normalized spacial score (nSPS) is 16.6. The number of nitrogens with one attached hydrogen (secondary N) is 2. The Morgan fingerprint density at radius 2 is 0.827 bits per heavy atom. The van der Waals surface area contributed by atoms with Gasteiger partial charge in [-0.2, -0.15) is 0 Å². The molecule has 14 heteroatoms. The number of Topliss-reactive ketones (excluding diaryl/α,β-unsaturated/α-hetero) is 2. The highest BCUT2D eigenvalue weighted by Crippen LogP contribution is 2.43. The van der Waals surface area contributed by atoms with Gasteiger partial charge in [0.05, 0.1) is 88.8 Å². The summed E-state index contributed by atoms with van der Waals surface area (Å²) < 4.78 is 47.3. The van der Waals surface area contributed by atoms with Gasteiger partial charge in [-0.1, -0.05) is 0 Å². The molecule has 2 fully saturated rings. The van der Waals surface area contributed by atoms with Crippen molar-refractivity contribution in [2.45, 2.75) is 41.5 Å². The van der Waals surface area contributed by atoms with Crippen LogP contribution in [-0.2, 0) is 28.5 Å². The molecule has 1 aliphatic carbocycles. The number of ether oxygens (including phenoxy) is 8. The molecule has 0 unspecified atom stereocenters. The van der Waals surface area contributed by atoms with Crippen molar-refractivity contribution in [1.29, 1.82) is 0 Å². The summed E-state index contributed by atoms with van der Waals surface area (Å²) in [6.45, 7) is 18.0. The van der Waals surface area contributed by atoms with Crippen molar-refractivity contribution in [3.05, 3.63) is 47.2 Å². The Kier molecular flexibility index (Phi) is 13.7. The molecule has 0 aromatic heterocycles. The lowest BCUT2D eigenvalue weighted by atomic mass is 10.0. The van der Waals surface area contributed by atoms with Crippen LogP contribution in [0.15, 0.2) is 47.2 Å². The van der Waals surface area contributed by atoms with E-state index in [2.05, 4.69) is 20.4 Å². The zero-order chi connectivity index (χ0) is 37.0. The summed E-state index contributed by atoms with van der Waals surface area (Å²) in [5, 5.41) is 6.37. The summed E-state index contributed by atoms with van der Waals surface area (Å²) in [7, 11) is 0. The van der Waals surface area contributed by atoms with Crippen LogP contribution in [0.1, 0.15) is 41.5 Å². The lowest BCUT2D eigenvalue weighted by Gasteiger charge is -2.31. The van der Waals surface area contributed by atoms with Gasteiger partial charge in [-0.05, 0) is 41.5 Å². The van der Waals surface area contributed by atoms with Gasteiger partial charge >= 0.3 is 0 Å². The van der Waals surface area contributed by atoms with E-state index in [-0.39, 0.29) is 36.1 Å². The molecule has 284 valence electrons. The third-order valence-corrected chi connectivity index (χ3v) is 8.44. The first-order chi connectivity index (χ1) is 25.4. The molecule has 2 aromatic carbocycles. The minimum Gasteiger partial charge on any atom is -0.492 e. The summed E-state index contributed by atoms with van der Waals surface area (Å²) in [5.41, 5.74) is 2.41. The second-order valence-electron chi connectivity index (χ2n) is 11.7. The number of carbonyl (C=O) groups excluding carboxylic acids is 2. The number of anilines is 4. The van der Waals surface area contributed by atoms with Crippen LogP contribution >= 0.6 is 0 Å². The van der Waals surface area contributed by atoms with E-state index in [1.54, 1.807) is 26.0 Å². The van der Waals surface area contributed by atoms with Gasteiger partial charge in [-0.15, -0.1) is 0 Å². The predicted molar refractivity (Wildman–Crippen MR) is 198 cm³/mol. The molecule has 2 saturated heterocycles. The maximum Gasteiger partial charge on any atom is 0.249 e. The molecule has 2 heterocycles. The molecule has 2 aliphatic heterocycles. The van der Waals surface area contributed by atoms with Crippen LogP contribution in [0.5, 0.6) is 23.0 Å². The van der Waals surface area contributed by atoms with Gasteiger partial charge < -0.3 is 58.3 Å². The SMILES string of the molecule is CCOC1=C(Nc2cc(OCC)c(N3CCOCC3)cc2OCC)C(=O)C(OCC)=C(Nc2cc(OCC)c(N3CCOCC3)cc2OCC)C1=O. The van der Waals surface area contributed by atoms with Gasteiger partial charge in [0.25, 0.3) is 0 Å². The molecule has 0 amide bonds. The molecule has 5 rings (SSSR count). The molecule has 52 heavy (non-hydrogen) atoms. The Bertz CT molecular complexity index is 1510. The van der Waals surface area contributed by atoms with Crippen molar-refractivity contribution >= 4 is 34.3 Å². The first-order valence-electron chi connectivity index (χ1n) is 18.3. The molecule has 0 spiro atoms. The number of hydrogen-bond donors (Lipinski definition) is 2.